The second-order valence-corrected chi connectivity index (χ2v) is 4.86. The van der Waals surface area contributed by atoms with E-state index >= 15 is 0 Å². The third-order valence-electron chi connectivity index (χ3n) is 3.03. The largest absolute Gasteiger partial charge is 0.396 e. The molecule has 100 valence electrons. The van der Waals surface area contributed by atoms with Gasteiger partial charge in [0.25, 0.3) is 0 Å². The van der Waals surface area contributed by atoms with E-state index in [0.29, 0.717) is 13.2 Å². The van der Waals surface area contributed by atoms with Crippen molar-refractivity contribution >= 4 is 6.03 Å². The minimum absolute atomic E-state index is 0.0295. The summed E-state index contributed by atoms with van der Waals surface area (Å²) in [5.74, 6) is 0. The van der Waals surface area contributed by atoms with Crippen LogP contribution in [0.25, 0.3) is 0 Å². The van der Waals surface area contributed by atoms with Gasteiger partial charge in [-0.1, -0.05) is 0 Å². The van der Waals surface area contributed by atoms with Gasteiger partial charge in [-0.05, 0) is 33.6 Å². The second-order valence-electron chi connectivity index (χ2n) is 4.86. The van der Waals surface area contributed by atoms with Crippen molar-refractivity contribution in [2.75, 3.05) is 19.8 Å². The monoisotopic (exact) mass is 244 g/mol. The van der Waals surface area contributed by atoms with E-state index in [1.165, 1.54) is 0 Å². The highest BCUT2D eigenvalue weighted by molar-refractivity contribution is 5.75. The number of carbonyl (C=O) groups is 1. The van der Waals surface area contributed by atoms with E-state index in [1.807, 2.05) is 25.7 Å². The summed E-state index contributed by atoms with van der Waals surface area (Å²) in [6.45, 7) is 7.33. The Morgan fingerprint density at radius 1 is 1.59 bits per heavy atom. The molecule has 1 heterocycles. The molecule has 0 saturated carbocycles. The van der Waals surface area contributed by atoms with E-state index in [-0.39, 0.29) is 30.8 Å². The van der Waals surface area contributed by atoms with Crippen LogP contribution in [0.4, 0.5) is 4.79 Å². The summed E-state index contributed by atoms with van der Waals surface area (Å²) in [5.41, 5.74) is 0. The molecule has 0 radical (unpaired) electrons. The van der Waals surface area contributed by atoms with Crippen molar-refractivity contribution in [1.82, 2.24) is 10.2 Å². The number of nitrogens with one attached hydrogen (secondary N) is 1. The fraction of sp³-hybridized carbons (Fsp3) is 0.917. The van der Waals surface area contributed by atoms with E-state index in [4.69, 9.17) is 9.84 Å². The molecule has 1 aliphatic rings. The Labute approximate surface area is 103 Å². The lowest BCUT2D eigenvalue weighted by Gasteiger charge is -2.37. The molecule has 2 amide bonds. The van der Waals surface area contributed by atoms with Crippen molar-refractivity contribution in [3.8, 4) is 0 Å². The maximum absolute atomic E-state index is 12.0. The number of morpholine rings is 1. The third kappa shape index (κ3) is 4.52. The predicted octanol–water partition coefficient (Wildman–Crippen LogP) is 0.966. The molecule has 0 aromatic heterocycles. The third-order valence-corrected chi connectivity index (χ3v) is 3.03. The van der Waals surface area contributed by atoms with Gasteiger partial charge in [0, 0.05) is 19.2 Å². The zero-order valence-corrected chi connectivity index (χ0v) is 11.0. The number of nitrogens with zero attached hydrogens (tertiary/aromatic N) is 1. The number of hydrogen-bond donors (Lipinski definition) is 2. The van der Waals surface area contributed by atoms with Gasteiger partial charge < -0.3 is 20.1 Å². The fourth-order valence-electron chi connectivity index (χ4n) is 1.95. The molecule has 0 bridgehead atoms. The van der Waals surface area contributed by atoms with Gasteiger partial charge in [-0.25, -0.2) is 4.79 Å². The molecule has 0 aliphatic carbocycles. The second kappa shape index (κ2) is 6.81. The first-order valence-corrected chi connectivity index (χ1v) is 6.34. The highest BCUT2D eigenvalue weighted by Gasteiger charge is 2.27. The summed E-state index contributed by atoms with van der Waals surface area (Å²) in [5, 5.41) is 11.7. The van der Waals surface area contributed by atoms with Crippen molar-refractivity contribution in [3.63, 3.8) is 0 Å². The number of aliphatic hydroxyl groups is 1. The Kier molecular flexibility index (Phi) is 5.71. The summed E-state index contributed by atoms with van der Waals surface area (Å²) in [6, 6.07) is 0.189. The quantitative estimate of drug-likeness (QED) is 0.774. The van der Waals surface area contributed by atoms with Gasteiger partial charge in [0.05, 0.1) is 18.8 Å². The van der Waals surface area contributed by atoms with Crippen LogP contribution in [-0.2, 0) is 4.74 Å². The number of hydrogen-bond acceptors (Lipinski definition) is 3. The van der Waals surface area contributed by atoms with Crippen LogP contribution in [0.1, 0.15) is 33.6 Å². The average Bonchev–Trinajstić information content (AvgIpc) is 2.29. The number of amides is 2. The summed E-state index contributed by atoms with van der Waals surface area (Å²) < 4.78 is 5.49. The van der Waals surface area contributed by atoms with E-state index in [0.717, 1.165) is 12.8 Å². The van der Waals surface area contributed by atoms with Gasteiger partial charge in [-0.2, -0.15) is 0 Å². The number of rotatable bonds is 4. The zero-order valence-electron chi connectivity index (χ0n) is 11.0. The molecule has 2 N–H and O–H groups in total. The van der Waals surface area contributed by atoms with E-state index in [2.05, 4.69) is 5.32 Å². The van der Waals surface area contributed by atoms with Gasteiger partial charge in [0.15, 0.2) is 0 Å². The summed E-state index contributed by atoms with van der Waals surface area (Å²) in [6.07, 6.45) is 1.62. The molecular formula is C12H24N2O3. The van der Waals surface area contributed by atoms with Crippen LogP contribution >= 0.6 is 0 Å². The predicted molar refractivity (Wildman–Crippen MR) is 65.9 cm³/mol. The molecule has 5 nitrogen and oxygen atoms in total. The Bertz CT molecular complexity index is 248. The van der Waals surface area contributed by atoms with E-state index in [1.54, 1.807) is 0 Å². The van der Waals surface area contributed by atoms with Crippen LogP contribution in [0.5, 0.6) is 0 Å². The van der Waals surface area contributed by atoms with Crippen molar-refractivity contribution in [2.45, 2.75) is 51.8 Å². The first-order chi connectivity index (χ1) is 8.04. The van der Waals surface area contributed by atoms with E-state index in [9.17, 15) is 4.79 Å². The zero-order chi connectivity index (χ0) is 12.8. The molecule has 3 atom stereocenters. The van der Waals surface area contributed by atoms with Crippen LogP contribution in [0, 0.1) is 0 Å². The van der Waals surface area contributed by atoms with Crippen LogP contribution in [-0.4, -0.2) is 54.0 Å². The smallest absolute Gasteiger partial charge is 0.318 e. The summed E-state index contributed by atoms with van der Waals surface area (Å²) in [7, 11) is 0. The number of carbonyl (C=O) groups excluding carboxylic acids is 1. The Balaban J connectivity index is 2.39. The molecule has 17 heavy (non-hydrogen) atoms. The molecule has 1 aliphatic heterocycles. The first kappa shape index (κ1) is 14.3. The number of ether oxygens (including phenoxy) is 1. The van der Waals surface area contributed by atoms with Crippen molar-refractivity contribution in [3.05, 3.63) is 0 Å². The maximum atomic E-state index is 12.0. The minimum atomic E-state index is -0.0295. The molecule has 5 heteroatoms. The number of urea groups is 1. The van der Waals surface area contributed by atoms with Gasteiger partial charge in [-0.3, -0.25) is 0 Å². The number of aliphatic hydroxyl groups excluding tert-OH is 1. The summed E-state index contributed by atoms with van der Waals surface area (Å²) in [4.78, 5) is 13.8. The van der Waals surface area contributed by atoms with Crippen molar-refractivity contribution < 1.29 is 14.6 Å². The van der Waals surface area contributed by atoms with Crippen LogP contribution < -0.4 is 5.32 Å². The Hall–Kier alpha value is -0.810. The molecule has 0 aromatic carbocycles. The molecule has 1 saturated heterocycles. The molecule has 0 spiro atoms. The fourth-order valence-corrected chi connectivity index (χ4v) is 1.95. The summed E-state index contributed by atoms with van der Waals surface area (Å²) >= 11 is 0. The molecule has 1 rings (SSSR count). The molecular weight excluding hydrogens is 220 g/mol. The lowest BCUT2D eigenvalue weighted by molar-refractivity contribution is -0.0321. The van der Waals surface area contributed by atoms with E-state index < -0.39 is 0 Å². The lowest BCUT2D eigenvalue weighted by atomic mass is 10.2. The van der Waals surface area contributed by atoms with Gasteiger partial charge in [0.1, 0.15) is 0 Å². The molecule has 0 aromatic rings. The standard InChI is InChI=1S/C12H24N2O3/c1-9(5-4-6-15)13-12(16)14-7-11(3)17-8-10(14)2/h9-11,15H,4-8H2,1-3H3,(H,13,16). The van der Waals surface area contributed by atoms with Gasteiger partial charge >= 0.3 is 6.03 Å². The van der Waals surface area contributed by atoms with Gasteiger partial charge in [0.2, 0.25) is 0 Å². The van der Waals surface area contributed by atoms with Crippen LogP contribution in [0.2, 0.25) is 0 Å². The highest BCUT2D eigenvalue weighted by Crippen LogP contribution is 2.11. The van der Waals surface area contributed by atoms with Gasteiger partial charge in [-0.15, -0.1) is 0 Å². The highest BCUT2D eigenvalue weighted by atomic mass is 16.5. The lowest BCUT2D eigenvalue weighted by Crippen LogP contribution is -2.55. The van der Waals surface area contributed by atoms with Crippen LogP contribution in [0.3, 0.4) is 0 Å². The first-order valence-electron chi connectivity index (χ1n) is 6.34. The minimum Gasteiger partial charge on any atom is -0.396 e. The molecule has 3 unspecified atom stereocenters. The topological polar surface area (TPSA) is 61.8 Å². The van der Waals surface area contributed by atoms with Crippen molar-refractivity contribution in [2.24, 2.45) is 0 Å². The van der Waals surface area contributed by atoms with Crippen molar-refractivity contribution in [1.29, 1.82) is 0 Å². The molecule has 1 fully saturated rings. The normalized spacial score (nSPS) is 26.7. The Morgan fingerprint density at radius 2 is 2.29 bits per heavy atom. The van der Waals surface area contributed by atoms with Crippen LogP contribution in [0.15, 0.2) is 0 Å². The Morgan fingerprint density at radius 3 is 2.94 bits per heavy atom. The maximum Gasteiger partial charge on any atom is 0.318 e. The average molecular weight is 244 g/mol. The SMILES string of the molecule is CC(CCCO)NC(=O)N1CC(C)OCC1C.